The number of hydrogen-bond acceptors (Lipinski definition) is 3. The number of rotatable bonds is 1. The maximum absolute atomic E-state index is 10.4. The van der Waals surface area contributed by atoms with Gasteiger partial charge in [0.1, 0.15) is 5.75 Å². The largest absolute Gasteiger partial charge is 0.507 e. The molecule has 0 aliphatic heterocycles. The van der Waals surface area contributed by atoms with E-state index in [4.69, 9.17) is 24.4 Å². The fourth-order valence-electron chi connectivity index (χ4n) is 0.688. The first-order chi connectivity index (χ1) is 6.74. The van der Waals surface area contributed by atoms with E-state index in [0.29, 0.717) is 3.57 Å². The molecule has 1 rings (SSSR count). The Morgan fingerprint density at radius 2 is 1.73 bits per heavy atom. The van der Waals surface area contributed by atoms with Crippen molar-refractivity contribution in [3.8, 4) is 5.75 Å². The molecule has 0 saturated heterocycles. The molecular formula is C7H10IO6P. The van der Waals surface area contributed by atoms with Crippen LogP contribution in [0.15, 0.2) is 18.2 Å². The van der Waals surface area contributed by atoms with Crippen LogP contribution < -0.4 is 0 Å². The number of phenolic OH excluding ortho intramolecular Hbond substituents is 1. The van der Waals surface area contributed by atoms with Gasteiger partial charge in [0.05, 0.1) is 3.57 Å². The Labute approximate surface area is 96.5 Å². The van der Waals surface area contributed by atoms with Crippen molar-refractivity contribution in [2.24, 2.45) is 0 Å². The van der Waals surface area contributed by atoms with Crippen LogP contribution in [0.2, 0.25) is 0 Å². The fourth-order valence-corrected chi connectivity index (χ4v) is 1.40. The number of aromatic hydroxyl groups is 1. The predicted molar refractivity (Wildman–Crippen MR) is 60.5 cm³/mol. The van der Waals surface area contributed by atoms with Crippen molar-refractivity contribution in [1.82, 2.24) is 0 Å². The summed E-state index contributed by atoms with van der Waals surface area (Å²) in [7, 11) is -4.64. The van der Waals surface area contributed by atoms with Crippen LogP contribution in [-0.2, 0) is 7.63 Å². The predicted octanol–water partition coefficient (Wildman–Crippen LogP) is 1.26. The molecule has 0 aliphatic carbocycles. The molecule has 4 N–H and O–H groups in total. The molecule has 6 nitrogen and oxygen atoms in total. The molecule has 0 radical (unpaired) electrons. The lowest BCUT2D eigenvalue weighted by Gasteiger charge is -1.95. The first-order valence-corrected chi connectivity index (χ1v) is 7.11. The van der Waals surface area contributed by atoms with Crippen molar-refractivity contribution in [3.05, 3.63) is 27.3 Å². The summed E-state index contributed by atoms with van der Waals surface area (Å²) >= 11 is -1.23. The summed E-state index contributed by atoms with van der Waals surface area (Å²) in [4.78, 5) is 21.6. The average Bonchev–Trinajstić information content (AvgIpc) is 2.01. The minimum atomic E-state index is -4.64. The van der Waals surface area contributed by atoms with E-state index in [1.165, 1.54) is 0 Å². The zero-order chi connectivity index (χ0) is 12.1. The van der Waals surface area contributed by atoms with Crippen LogP contribution in [0.3, 0.4) is 0 Å². The van der Waals surface area contributed by atoms with Gasteiger partial charge in [-0.15, -0.1) is 0 Å². The minimum Gasteiger partial charge on any atom is -0.507 e. The maximum atomic E-state index is 10.4. The molecule has 0 spiro atoms. The lowest BCUT2D eigenvalue weighted by Crippen LogP contribution is -1.75. The molecule has 0 amide bonds. The summed E-state index contributed by atoms with van der Waals surface area (Å²) < 4.78 is 19.9. The summed E-state index contributed by atoms with van der Waals surface area (Å²) in [6, 6.07) is 5.16. The molecule has 0 unspecified atom stereocenters. The number of phosphoric acid groups is 1. The van der Waals surface area contributed by atoms with Gasteiger partial charge >= 0.3 is 7.82 Å². The molecule has 0 atom stereocenters. The normalized spacial score (nSPS) is 10.4. The Hall–Kier alpha value is -0.340. The summed E-state index contributed by atoms with van der Waals surface area (Å²) in [5, 5.41) is 9.12. The first-order valence-electron chi connectivity index (χ1n) is 3.59. The van der Waals surface area contributed by atoms with Gasteiger partial charge in [0.2, 0.25) is 0 Å². The van der Waals surface area contributed by atoms with Gasteiger partial charge in [0, 0.05) is 0 Å². The van der Waals surface area contributed by atoms with Crippen molar-refractivity contribution in [3.63, 3.8) is 0 Å². The fraction of sp³-hybridized carbons (Fsp3) is 0.143. The van der Waals surface area contributed by atoms with Crippen LogP contribution in [0, 0.1) is 10.5 Å². The molecule has 0 aromatic heterocycles. The molecule has 0 saturated carbocycles. The van der Waals surface area contributed by atoms with E-state index in [1.54, 1.807) is 12.1 Å². The molecule has 0 fully saturated rings. The molecule has 15 heavy (non-hydrogen) atoms. The third kappa shape index (κ3) is 8.64. The highest BCUT2D eigenvalue weighted by Crippen LogP contribution is 2.25. The Balaban J connectivity index is 0.000000336. The second kappa shape index (κ2) is 6.29. The Kier molecular flexibility index (Phi) is 6.15. The van der Waals surface area contributed by atoms with Gasteiger partial charge in [-0.05, 0) is 24.6 Å². The van der Waals surface area contributed by atoms with Crippen LogP contribution in [0.5, 0.6) is 5.75 Å². The highest BCUT2D eigenvalue weighted by atomic mass is 127. The van der Waals surface area contributed by atoms with Gasteiger partial charge in [-0.3, -0.25) is 3.07 Å². The van der Waals surface area contributed by atoms with Gasteiger partial charge in [-0.25, -0.2) is 4.57 Å². The monoisotopic (exact) mass is 348 g/mol. The van der Waals surface area contributed by atoms with Crippen molar-refractivity contribution in [1.29, 1.82) is 0 Å². The minimum absolute atomic E-state index is 0.155. The van der Waals surface area contributed by atoms with E-state index in [1.807, 2.05) is 13.0 Å². The Morgan fingerprint density at radius 3 is 2.07 bits per heavy atom. The van der Waals surface area contributed by atoms with E-state index in [2.05, 4.69) is 0 Å². The van der Waals surface area contributed by atoms with Crippen LogP contribution in [0.4, 0.5) is 0 Å². The van der Waals surface area contributed by atoms with Gasteiger partial charge < -0.3 is 19.8 Å². The number of benzene rings is 1. The van der Waals surface area contributed by atoms with E-state index in [-0.39, 0.29) is 5.75 Å². The quantitative estimate of drug-likeness (QED) is 0.449. The SMILES string of the molecule is Cc1ccc(I=O)c(O)c1.O=P(O)(O)O. The lowest BCUT2D eigenvalue weighted by molar-refractivity contribution is 0.275. The zero-order valence-corrected chi connectivity index (χ0v) is 10.7. The first kappa shape index (κ1) is 14.7. The number of phenols is 1. The summed E-state index contributed by atoms with van der Waals surface area (Å²) in [6.07, 6.45) is 0. The van der Waals surface area contributed by atoms with Crippen LogP contribution >= 0.6 is 29.0 Å². The molecule has 1 aromatic rings. The van der Waals surface area contributed by atoms with E-state index in [9.17, 15) is 3.07 Å². The standard InChI is InChI=1S/C7H7IO2.H3O4P/c1-5-2-3-6(8-10)7(9)4-5;1-5(2,3)4/h2-4,9H,1H3;(H3,1,2,3,4). The zero-order valence-electron chi connectivity index (χ0n) is 7.66. The molecule has 1 aromatic carbocycles. The lowest BCUT2D eigenvalue weighted by atomic mass is 10.2. The topological polar surface area (TPSA) is 115 Å². The molecule has 0 bridgehead atoms. The Bertz CT molecular complexity index is 379. The van der Waals surface area contributed by atoms with Crippen molar-refractivity contribution in [2.75, 3.05) is 0 Å². The summed E-state index contributed by atoms with van der Waals surface area (Å²) in [5.41, 5.74) is 0.985. The molecule has 8 heteroatoms. The molecule has 0 aliphatic rings. The van der Waals surface area contributed by atoms with Gasteiger partial charge in [-0.1, -0.05) is 6.07 Å². The second-order valence-electron chi connectivity index (χ2n) is 2.55. The molecule has 86 valence electrons. The van der Waals surface area contributed by atoms with Gasteiger partial charge in [0.25, 0.3) is 0 Å². The third-order valence-electron chi connectivity index (χ3n) is 1.18. The second-order valence-corrected chi connectivity index (χ2v) is 5.17. The van der Waals surface area contributed by atoms with Crippen molar-refractivity contribution in [2.45, 2.75) is 6.92 Å². The highest BCUT2D eigenvalue weighted by molar-refractivity contribution is 14.1. The molecule has 0 heterocycles. The average molecular weight is 348 g/mol. The summed E-state index contributed by atoms with van der Waals surface area (Å²) in [5.74, 6) is 0.155. The van der Waals surface area contributed by atoms with E-state index >= 15 is 0 Å². The van der Waals surface area contributed by atoms with Crippen LogP contribution in [0.1, 0.15) is 5.56 Å². The summed E-state index contributed by atoms with van der Waals surface area (Å²) in [6.45, 7) is 1.88. The van der Waals surface area contributed by atoms with Crippen LogP contribution in [-0.4, -0.2) is 19.8 Å². The number of halogens is 1. The molecular weight excluding hydrogens is 338 g/mol. The van der Waals surface area contributed by atoms with Crippen LogP contribution in [0.25, 0.3) is 0 Å². The van der Waals surface area contributed by atoms with Gasteiger partial charge in [0.15, 0.2) is 21.2 Å². The van der Waals surface area contributed by atoms with Crippen molar-refractivity contribution < 1.29 is 27.4 Å². The smallest absolute Gasteiger partial charge is 0.466 e. The number of aryl methyl sites for hydroxylation is 1. The van der Waals surface area contributed by atoms with E-state index < -0.39 is 29.0 Å². The highest BCUT2D eigenvalue weighted by Gasteiger charge is 2.00. The maximum Gasteiger partial charge on any atom is 0.466 e. The van der Waals surface area contributed by atoms with Crippen molar-refractivity contribution >= 4 is 29.0 Å². The number of hydrogen-bond donors (Lipinski definition) is 4. The third-order valence-corrected chi connectivity index (χ3v) is 2.57. The Morgan fingerprint density at radius 1 is 1.27 bits per heavy atom. The van der Waals surface area contributed by atoms with Gasteiger partial charge in [-0.2, -0.15) is 0 Å². The van der Waals surface area contributed by atoms with E-state index in [0.717, 1.165) is 5.56 Å².